The summed E-state index contributed by atoms with van der Waals surface area (Å²) in [6.45, 7) is 53.0. The molecule has 3 saturated heterocycles. The molecule has 11 rings (SSSR count). The zero-order valence-electron chi connectivity index (χ0n) is 89.6. The molecule has 10 fully saturated rings. The molecule has 0 spiro atoms. The van der Waals surface area contributed by atoms with Crippen LogP contribution in [0.2, 0.25) is 0 Å². The largest absolute Gasteiger partial charge is 0.447 e. The highest BCUT2D eigenvalue weighted by molar-refractivity contribution is 6.39. The molecule has 143 heavy (non-hydrogen) atoms. The van der Waals surface area contributed by atoms with Crippen LogP contribution < -0.4 is 81.0 Å². The number of amides is 18. The number of carbonyl (C=O) groups excluding carboxylic acids is 18. The van der Waals surface area contributed by atoms with E-state index in [4.69, 9.17) is 31.4 Å². The van der Waals surface area contributed by atoms with E-state index in [0.717, 1.165) is 69.8 Å². The van der Waals surface area contributed by atoms with Gasteiger partial charge in [-0.15, -0.1) is 0 Å². The Bertz CT molecular complexity index is 4860. The maximum atomic E-state index is 14.4. The van der Waals surface area contributed by atoms with Crippen molar-refractivity contribution in [2.24, 2.45) is 125 Å². The summed E-state index contributed by atoms with van der Waals surface area (Å²) in [6.07, 6.45) is 8.95. The average molecular weight is 2010 g/mol. The van der Waals surface area contributed by atoms with Crippen LogP contribution in [-0.4, -0.2) is 246 Å². The fraction of sp³-hybridized carbons (Fsp3) is 0.769. The number of primary amides is 3. The highest BCUT2D eigenvalue weighted by Gasteiger charge is 2.73. The van der Waals surface area contributed by atoms with Gasteiger partial charge in [-0.1, -0.05) is 248 Å². The van der Waals surface area contributed by atoms with Gasteiger partial charge in [0.05, 0.1) is 36.3 Å². The van der Waals surface area contributed by atoms with E-state index in [1.807, 2.05) is 190 Å². The number of carbonyl (C=O) groups is 18. The molecule has 18 atom stereocenters. The van der Waals surface area contributed by atoms with Gasteiger partial charge in [-0.2, -0.15) is 0 Å². The number of hydrogen-bond acceptors (Lipinski definition) is 21. The van der Waals surface area contributed by atoms with Crippen molar-refractivity contribution < 1.29 is 101 Å². The lowest BCUT2D eigenvalue weighted by Crippen LogP contribution is -2.62. The predicted molar refractivity (Wildman–Crippen MR) is 534 cm³/mol. The minimum atomic E-state index is -1.10. The monoisotopic (exact) mass is 2010 g/mol. The number of piperidine rings is 3. The zero-order chi connectivity index (χ0) is 107. The van der Waals surface area contributed by atoms with Crippen molar-refractivity contribution in [1.82, 2.24) is 78.5 Å². The summed E-state index contributed by atoms with van der Waals surface area (Å²) in [6, 6.07) is -2.97. The molecule has 0 aromatic heterocycles. The minimum absolute atomic E-state index is 0.0551. The second-order valence-electron chi connectivity index (χ2n) is 51.1. The number of ether oxygens (including phenoxy) is 3. The number of hydrogen-bond donors (Lipinski definition) is 15. The number of alkyl carbamates (subject to hydrolysis) is 3. The third-order valence-corrected chi connectivity index (χ3v) is 31.1. The molecule has 0 bridgehead atoms. The van der Waals surface area contributed by atoms with Gasteiger partial charge in [0.2, 0.25) is 52.8 Å². The lowest BCUT2D eigenvalue weighted by atomic mass is 9.80. The molecule has 1 aromatic carbocycles. The van der Waals surface area contributed by atoms with E-state index in [-0.39, 0.29) is 89.3 Å². The Morgan fingerprint density at radius 1 is 0.350 bits per heavy atom. The molecule has 7 saturated carbocycles. The molecule has 39 heteroatoms. The van der Waals surface area contributed by atoms with Gasteiger partial charge in [0.1, 0.15) is 56.1 Å². The van der Waals surface area contributed by atoms with E-state index in [0.29, 0.717) is 57.9 Å². The molecule has 39 nitrogen and oxygen atoms in total. The summed E-state index contributed by atoms with van der Waals surface area (Å²) in [5.74, 6) is -7.61. The van der Waals surface area contributed by atoms with Gasteiger partial charge in [-0.05, 0) is 166 Å². The topological polar surface area (TPSA) is 567 Å². The van der Waals surface area contributed by atoms with Crippen LogP contribution in [0.5, 0.6) is 0 Å². The van der Waals surface area contributed by atoms with E-state index in [2.05, 4.69) is 91.5 Å². The summed E-state index contributed by atoms with van der Waals surface area (Å²) < 4.78 is 16.3. The number of fused-ring (bicyclic) bond motifs is 3. The fourth-order valence-corrected chi connectivity index (χ4v) is 20.4. The summed E-state index contributed by atoms with van der Waals surface area (Å²) in [5.41, 5.74) is 12.1. The first kappa shape index (κ1) is 116. The van der Waals surface area contributed by atoms with E-state index in [1.54, 1.807) is 0 Å². The van der Waals surface area contributed by atoms with Gasteiger partial charge in [0.25, 0.3) is 17.7 Å². The van der Waals surface area contributed by atoms with E-state index in [9.17, 15) is 86.3 Å². The van der Waals surface area contributed by atoms with Crippen molar-refractivity contribution in [1.29, 1.82) is 0 Å². The number of nitrogens with zero attached hydrogens (tertiary/aromatic N) is 3. The van der Waals surface area contributed by atoms with Crippen molar-refractivity contribution in [3.05, 3.63) is 35.9 Å². The summed E-state index contributed by atoms with van der Waals surface area (Å²) in [5, 5.41) is 33.7. The average Bonchev–Trinajstić information content (AvgIpc) is 1.53. The lowest BCUT2D eigenvalue weighted by molar-refractivity contribution is -0.145. The van der Waals surface area contributed by atoms with E-state index in [1.165, 1.54) is 14.7 Å². The molecule has 18 amide bonds. The number of nitrogens with one attached hydrogen (secondary N) is 12. The van der Waals surface area contributed by atoms with Gasteiger partial charge >= 0.3 is 36.4 Å². The Labute approximate surface area is 843 Å². The van der Waals surface area contributed by atoms with Gasteiger partial charge in [-0.25, -0.2) is 28.8 Å². The van der Waals surface area contributed by atoms with Crippen LogP contribution in [0.15, 0.2) is 30.3 Å². The van der Waals surface area contributed by atoms with Crippen LogP contribution in [0.1, 0.15) is 276 Å². The number of nitrogens with two attached hydrogens (primary N) is 3. The first-order valence-electron chi connectivity index (χ1n) is 51.1. The molecule has 800 valence electrons. The minimum Gasteiger partial charge on any atom is -0.447 e. The van der Waals surface area contributed by atoms with Crippen molar-refractivity contribution in [2.75, 3.05) is 46.0 Å². The number of likely N-dealkylation sites (tertiary alicyclic amines) is 3. The standard InChI is InChI=1S/C37H56N6O7.C34H56N6O7.C33H56N6O7/c1-35(2,3)25(20-50-34(49)39-18-22-13-10-9-11-14-22)41-33(48)42-29(36(4,5)6)32(47)43-19-23-26(37(23,7)8)27(43)31(46)40-24(28(44)30(38)45)17-21-15-12-16-21;1-32(2,3)22(17-47-31(46)36-15-19-12-13-19)38-30(45)39-26(33(4,5)6)29(44)40-16-20-23(34(20,7)8)24(40)28(43)37-21(25(41)27(35)42)14-18-10-9-11-18;1-30(2,3)20(16-46-29(45)38-32(7,8)9)36-28(44)37-24(31(4,5)6)27(43)39-15-18-21(33(18,10)11)22(39)26(42)35-19(14-17-12-13-17)23(40)25(34)41/h9-11,13-14,21,23-27,29H,12,15-20H2,1-8H3,(H2,38,45)(H,39,49)(H,40,46)(H2,41,42,48);18-24,26H,9-17H2,1-8H3,(H2,35,42)(H,36,46)(H,37,43)(H2,38,39,45);17-22,24H,12-16H2,1-11H3,(H2,34,41)(H,35,42)(H,38,45)(H2,36,37,44)/t23-,24?,25?,26-,27-,29+;20-,21?,22+,23-,24-,26+;18-,19?,20+,21-,22-,24+/m000/s1. The van der Waals surface area contributed by atoms with Crippen molar-refractivity contribution in [3.63, 3.8) is 0 Å². The van der Waals surface area contributed by atoms with Crippen LogP contribution in [0.25, 0.3) is 0 Å². The van der Waals surface area contributed by atoms with Crippen LogP contribution in [0, 0.1) is 108 Å². The number of urea groups is 3. The van der Waals surface area contributed by atoms with Crippen LogP contribution in [0.3, 0.4) is 0 Å². The Balaban J connectivity index is 0.000000239. The van der Waals surface area contributed by atoms with Gasteiger partial charge in [-0.3, -0.25) is 57.5 Å². The Kier molecular flexibility index (Phi) is 36.4. The van der Waals surface area contributed by atoms with Crippen LogP contribution >= 0.6 is 0 Å². The predicted octanol–water partition coefficient (Wildman–Crippen LogP) is 8.18. The third kappa shape index (κ3) is 30.6. The van der Waals surface area contributed by atoms with Crippen molar-refractivity contribution >= 4 is 107 Å². The van der Waals surface area contributed by atoms with Gasteiger partial charge in [0, 0.05) is 38.3 Å². The summed E-state index contributed by atoms with van der Waals surface area (Å²) in [7, 11) is 0. The lowest BCUT2D eigenvalue weighted by Gasteiger charge is -2.39. The molecule has 7 aliphatic carbocycles. The molecule has 3 aliphatic heterocycles. The quantitative estimate of drug-likeness (QED) is 0.0220. The summed E-state index contributed by atoms with van der Waals surface area (Å²) in [4.78, 5) is 240. The molecule has 10 aliphatic rings. The molecular formula is C104H168N18O21. The smallest absolute Gasteiger partial charge is 0.407 e. The maximum Gasteiger partial charge on any atom is 0.407 e. The molecule has 4 unspecified atom stereocenters. The first-order chi connectivity index (χ1) is 65.8. The van der Waals surface area contributed by atoms with Crippen LogP contribution in [0.4, 0.5) is 28.8 Å². The number of benzene rings is 1. The first-order valence-corrected chi connectivity index (χ1v) is 51.1. The summed E-state index contributed by atoms with van der Waals surface area (Å²) >= 11 is 0. The molecular weight excluding hydrogens is 1840 g/mol. The van der Waals surface area contributed by atoms with E-state index >= 15 is 0 Å². The number of ketones is 3. The Morgan fingerprint density at radius 2 is 0.622 bits per heavy atom. The Hall–Kier alpha value is -10.9. The fourth-order valence-electron chi connectivity index (χ4n) is 20.4. The van der Waals surface area contributed by atoms with Gasteiger partial charge < -0.3 is 110 Å². The molecule has 1 aromatic rings. The molecule has 3 heterocycles. The Morgan fingerprint density at radius 3 is 0.867 bits per heavy atom. The van der Waals surface area contributed by atoms with E-state index < -0.39 is 217 Å². The maximum absolute atomic E-state index is 14.4. The second-order valence-corrected chi connectivity index (χ2v) is 51.1. The highest BCUT2D eigenvalue weighted by Crippen LogP contribution is 2.67. The molecule has 0 radical (unpaired) electrons. The number of Topliss-reactive ketones (excluding diaryl/α,β-unsaturated/α-hetero) is 3. The third-order valence-electron chi connectivity index (χ3n) is 31.1. The normalized spacial score (nSPS) is 24.0. The van der Waals surface area contributed by atoms with Crippen molar-refractivity contribution in [3.8, 4) is 0 Å². The van der Waals surface area contributed by atoms with Crippen molar-refractivity contribution in [2.45, 2.75) is 355 Å². The zero-order valence-corrected chi connectivity index (χ0v) is 89.6. The second kappa shape index (κ2) is 45.0. The van der Waals surface area contributed by atoms with Gasteiger partial charge in [0.15, 0.2) is 0 Å². The highest BCUT2D eigenvalue weighted by atomic mass is 16.6. The van der Waals surface area contributed by atoms with Crippen LogP contribution in [-0.2, 0) is 78.3 Å². The SMILES string of the molecule is CC(C)(C)C(COC(=O)NCc1ccccc1)NC(=O)N[C@H](C(=O)N1C[C@H]2[C@@H]([C@H]1C(=O)NC(CC1CCC1)C(=O)C(N)=O)C2(C)C)C(C)(C)C.CC(C)(C)NC(=O)OC[C@@H](NC(=O)N[C@H](C(=O)N1C[C@H]2[C@@H]([C@H]1C(=O)NC(CC1CC1)C(=O)C(N)=O)C2(C)C)C(C)(C)C)C(C)(C)C.CC(C)(C)[C@H](NC(=O)N[C@H](COC(=O)NCC1CC1)C(C)(C)C)C(=O)N1C[C@H]2[C@@H]([C@H]1C(=O)NC(CC1CCC1)C(=O)C(N)=O)C2(C)C. The number of rotatable bonds is 37. The molecule has 18 N–H and O–H groups in total.